The van der Waals surface area contributed by atoms with Gasteiger partial charge in [-0.25, -0.2) is 0 Å². The molecule has 1 atom stereocenters. The minimum atomic E-state index is 0.196. The molecule has 1 unspecified atom stereocenters. The second-order valence-electron chi connectivity index (χ2n) is 3.11. The van der Waals surface area contributed by atoms with Crippen molar-refractivity contribution in [2.45, 2.75) is 19.4 Å². The molecule has 2 nitrogen and oxygen atoms in total. The van der Waals surface area contributed by atoms with Crippen molar-refractivity contribution in [1.82, 2.24) is 0 Å². The third kappa shape index (κ3) is 2.99. The molecule has 0 aromatic heterocycles. The Kier molecular flexibility index (Phi) is 3.65. The van der Waals surface area contributed by atoms with E-state index in [2.05, 4.69) is 0 Å². The third-order valence-electron chi connectivity index (χ3n) is 2.01. The van der Waals surface area contributed by atoms with Gasteiger partial charge in [-0.15, -0.1) is 0 Å². The number of benzene rings is 1. The highest BCUT2D eigenvalue weighted by atomic mass is 16.5. The molecule has 1 aromatic rings. The molecule has 2 heteroatoms. The van der Waals surface area contributed by atoms with E-state index in [1.54, 1.807) is 13.2 Å². The summed E-state index contributed by atoms with van der Waals surface area (Å²) in [6.07, 6.45) is 1.90. The van der Waals surface area contributed by atoms with Crippen molar-refractivity contribution in [3.8, 4) is 0 Å². The molecule has 70 valence electrons. The van der Waals surface area contributed by atoms with Crippen LogP contribution in [0.2, 0.25) is 0 Å². The predicted molar refractivity (Wildman–Crippen MR) is 52.0 cm³/mol. The molecule has 1 rings (SSSR count). The van der Waals surface area contributed by atoms with Crippen LogP contribution in [0.5, 0.6) is 0 Å². The van der Waals surface area contributed by atoms with Gasteiger partial charge in [-0.3, -0.25) is 4.79 Å². The first-order valence-electron chi connectivity index (χ1n) is 4.33. The van der Waals surface area contributed by atoms with E-state index in [4.69, 9.17) is 4.74 Å². The molecule has 0 saturated heterocycles. The number of carbonyl (C=O) groups is 1. The SMILES string of the molecule is COC(C)Cc1cccc(C=O)c1. The number of ether oxygens (including phenoxy) is 1. The number of carbonyl (C=O) groups excluding carboxylic acids is 1. The van der Waals surface area contributed by atoms with E-state index in [0.717, 1.165) is 23.8 Å². The molecule has 13 heavy (non-hydrogen) atoms. The highest BCUT2D eigenvalue weighted by Crippen LogP contribution is 2.07. The van der Waals surface area contributed by atoms with Crippen molar-refractivity contribution in [2.24, 2.45) is 0 Å². The van der Waals surface area contributed by atoms with Crippen molar-refractivity contribution in [1.29, 1.82) is 0 Å². The van der Waals surface area contributed by atoms with Gasteiger partial charge in [0.2, 0.25) is 0 Å². The molecule has 0 bridgehead atoms. The number of hydrogen-bond donors (Lipinski definition) is 0. The van der Waals surface area contributed by atoms with Gasteiger partial charge in [-0.05, 0) is 25.0 Å². The maximum absolute atomic E-state index is 10.5. The molecule has 0 saturated carbocycles. The molecule has 0 radical (unpaired) electrons. The smallest absolute Gasteiger partial charge is 0.150 e. The Bertz CT molecular complexity index is 281. The van der Waals surface area contributed by atoms with Gasteiger partial charge in [0.15, 0.2) is 0 Å². The molecule has 0 heterocycles. The first kappa shape index (κ1) is 9.93. The van der Waals surface area contributed by atoms with Crippen molar-refractivity contribution in [3.63, 3.8) is 0 Å². The fraction of sp³-hybridized carbons (Fsp3) is 0.364. The first-order valence-corrected chi connectivity index (χ1v) is 4.33. The van der Waals surface area contributed by atoms with E-state index < -0.39 is 0 Å². The van der Waals surface area contributed by atoms with E-state index in [0.29, 0.717) is 0 Å². The van der Waals surface area contributed by atoms with Crippen LogP contribution in [0.1, 0.15) is 22.8 Å². The van der Waals surface area contributed by atoms with Crippen molar-refractivity contribution in [2.75, 3.05) is 7.11 Å². The Labute approximate surface area is 78.5 Å². The fourth-order valence-electron chi connectivity index (χ4n) is 1.21. The summed E-state index contributed by atoms with van der Waals surface area (Å²) in [6.45, 7) is 2.01. The third-order valence-corrected chi connectivity index (χ3v) is 2.01. The Balaban J connectivity index is 2.71. The molecule has 0 N–H and O–H groups in total. The average molecular weight is 178 g/mol. The van der Waals surface area contributed by atoms with Gasteiger partial charge in [-0.1, -0.05) is 18.2 Å². The van der Waals surface area contributed by atoms with Crippen LogP contribution >= 0.6 is 0 Å². The normalized spacial score (nSPS) is 12.5. The standard InChI is InChI=1S/C11H14O2/c1-9(13-2)6-10-4-3-5-11(7-10)8-12/h3-5,7-9H,6H2,1-2H3. The lowest BCUT2D eigenvalue weighted by atomic mass is 10.1. The van der Waals surface area contributed by atoms with Crippen LogP contribution < -0.4 is 0 Å². The summed E-state index contributed by atoms with van der Waals surface area (Å²) in [6, 6.07) is 7.58. The second-order valence-corrected chi connectivity index (χ2v) is 3.11. The Morgan fingerprint density at radius 3 is 2.92 bits per heavy atom. The number of rotatable bonds is 4. The fourth-order valence-corrected chi connectivity index (χ4v) is 1.21. The lowest BCUT2D eigenvalue weighted by Crippen LogP contribution is -2.08. The Morgan fingerprint density at radius 1 is 1.54 bits per heavy atom. The molecule has 0 aliphatic rings. The quantitative estimate of drug-likeness (QED) is 0.660. The monoisotopic (exact) mass is 178 g/mol. The lowest BCUT2D eigenvalue weighted by Gasteiger charge is -2.08. The van der Waals surface area contributed by atoms with Gasteiger partial charge in [0.05, 0.1) is 6.10 Å². The van der Waals surface area contributed by atoms with E-state index in [-0.39, 0.29) is 6.10 Å². The van der Waals surface area contributed by atoms with Crippen LogP contribution in [-0.4, -0.2) is 19.5 Å². The zero-order chi connectivity index (χ0) is 9.68. The van der Waals surface area contributed by atoms with Crippen molar-refractivity contribution in [3.05, 3.63) is 35.4 Å². The van der Waals surface area contributed by atoms with E-state index >= 15 is 0 Å². The van der Waals surface area contributed by atoms with Crippen molar-refractivity contribution < 1.29 is 9.53 Å². The Hall–Kier alpha value is -1.15. The summed E-state index contributed by atoms with van der Waals surface area (Å²) < 4.78 is 5.14. The second kappa shape index (κ2) is 4.77. The highest BCUT2D eigenvalue weighted by Gasteiger charge is 2.01. The van der Waals surface area contributed by atoms with Gasteiger partial charge in [0.1, 0.15) is 6.29 Å². The maximum atomic E-state index is 10.5. The topological polar surface area (TPSA) is 26.3 Å². The lowest BCUT2D eigenvalue weighted by molar-refractivity contribution is 0.112. The van der Waals surface area contributed by atoms with Crippen molar-refractivity contribution >= 4 is 6.29 Å². The minimum absolute atomic E-state index is 0.196. The van der Waals surface area contributed by atoms with Crippen LogP contribution in [0.4, 0.5) is 0 Å². The van der Waals surface area contributed by atoms with Crippen LogP contribution in [0.25, 0.3) is 0 Å². The van der Waals surface area contributed by atoms with E-state index in [1.165, 1.54) is 0 Å². The van der Waals surface area contributed by atoms with Crippen LogP contribution in [0.15, 0.2) is 24.3 Å². The highest BCUT2D eigenvalue weighted by molar-refractivity contribution is 5.74. The molecule has 0 aliphatic carbocycles. The average Bonchev–Trinajstić information content (AvgIpc) is 2.18. The van der Waals surface area contributed by atoms with Gasteiger partial charge < -0.3 is 4.74 Å². The summed E-state index contributed by atoms with van der Waals surface area (Å²) >= 11 is 0. The largest absolute Gasteiger partial charge is 0.381 e. The number of aldehydes is 1. The van der Waals surface area contributed by atoms with Gasteiger partial charge in [-0.2, -0.15) is 0 Å². The summed E-state index contributed by atoms with van der Waals surface area (Å²) in [7, 11) is 1.69. The molecule has 1 aromatic carbocycles. The van der Waals surface area contributed by atoms with E-state index in [9.17, 15) is 4.79 Å². The molecule has 0 amide bonds. The molecule has 0 fully saturated rings. The number of hydrogen-bond acceptors (Lipinski definition) is 2. The summed E-state index contributed by atoms with van der Waals surface area (Å²) in [5.41, 5.74) is 1.86. The van der Waals surface area contributed by atoms with Gasteiger partial charge in [0.25, 0.3) is 0 Å². The molecular formula is C11H14O2. The zero-order valence-electron chi connectivity index (χ0n) is 7.99. The van der Waals surface area contributed by atoms with Crippen LogP contribution in [-0.2, 0) is 11.2 Å². The number of methoxy groups -OCH3 is 1. The van der Waals surface area contributed by atoms with Crippen LogP contribution in [0, 0.1) is 0 Å². The maximum Gasteiger partial charge on any atom is 0.150 e. The summed E-state index contributed by atoms with van der Waals surface area (Å²) in [5.74, 6) is 0. The first-order chi connectivity index (χ1) is 6.26. The van der Waals surface area contributed by atoms with Crippen LogP contribution in [0.3, 0.4) is 0 Å². The zero-order valence-corrected chi connectivity index (χ0v) is 7.99. The van der Waals surface area contributed by atoms with Gasteiger partial charge >= 0.3 is 0 Å². The van der Waals surface area contributed by atoms with E-state index in [1.807, 2.05) is 25.1 Å². The molecule has 0 aliphatic heterocycles. The molecule has 0 spiro atoms. The summed E-state index contributed by atoms with van der Waals surface area (Å²) in [4.78, 5) is 10.5. The van der Waals surface area contributed by atoms with Gasteiger partial charge in [0, 0.05) is 12.7 Å². The predicted octanol–water partition coefficient (Wildman–Crippen LogP) is 2.08. The summed E-state index contributed by atoms with van der Waals surface area (Å²) in [5, 5.41) is 0. The molecular weight excluding hydrogens is 164 g/mol. The Morgan fingerprint density at radius 2 is 2.31 bits per heavy atom. The minimum Gasteiger partial charge on any atom is -0.381 e.